The van der Waals surface area contributed by atoms with Crippen molar-refractivity contribution >= 4 is 33.4 Å². The summed E-state index contributed by atoms with van der Waals surface area (Å²) in [5, 5.41) is 17.2. The van der Waals surface area contributed by atoms with Crippen LogP contribution in [0.2, 0.25) is 0 Å². The maximum atomic E-state index is 12.3. The van der Waals surface area contributed by atoms with Gasteiger partial charge < -0.3 is 10.4 Å². The van der Waals surface area contributed by atoms with E-state index < -0.39 is 12.0 Å². The van der Waals surface area contributed by atoms with Crippen molar-refractivity contribution in [3.8, 4) is 0 Å². The number of amides is 1. The molecule has 7 heteroatoms. The third-order valence-electron chi connectivity index (χ3n) is 3.53. The fourth-order valence-electron chi connectivity index (χ4n) is 2.33. The first-order valence-electron chi connectivity index (χ1n) is 7.22. The molecule has 0 aliphatic carbocycles. The van der Waals surface area contributed by atoms with Crippen LogP contribution in [-0.4, -0.2) is 32.8 Å². The van der Waals surface area contributed by atoms with Gasteiger partial charge in [0.05, 0.1) is 10.6 Å². The van der Waals surface area contributed by atoms with E-state index in [2.05, 4.69) is 24.3 Å². The number of carbonyl (C=O) groups is 2. The van der Waals surface area contributed by atoms with Gasteiger partial charge in [0.2, 0.25) is 0 Å². The molecule has 1 amide bonds. The molecule has 0 saturated heterocycles. The minimum atomic E-state index is -1.02. The van der Waals surface area contributed by atoms with E-state index in [1.807, 2.05) is 7.05 Å². The fourth-order valence-corrected chi connectivity index (χ4v) is 3.31. The van der Waals surface area contributed by atoms with E-state index in [1.165, 1.54) is 11.3 Å². The van der Waals surface area contributed by atoms with Crippen LogP contribution in [0.3, 0.4) is 0 Å². The molecular formula is C15H21N3O3S. The molecule has 2 N–H and O–H groups in total. The lowest BCUT2D eigenvalue weighted by molar-refractivity contribution is -0.140. The van der Waals surface area contributed by atoms with Gasteiger partial charge in [-0.15, -0.1) is 11.3 Å². The summed E-state index contributed by atoms with van der Waals surface area (Å²) in [5.74, 6) is -1.29. The van der Waals surface area contributed by atoms with Gasteiger partial charge in [-0.1, -0.05) is 27.7 Å². The minimum absolute atomic E-state index is 0.177. The number of aryl methyl sites for hydroxylation is 1. The quantitative estimate of drug-likeness (QED) is 0.886. The zero-order valence-corrected chi connectivity index (χ0v) is 14.2. The van der Waals surface area contributed by atoms with Crippen molar-refractivity contribution in [1.29, 1.82) is 0 Å². The Hall–Kier alpha value is -1.89. The van der Waals surface area contributed by atoms with Crippen molar-refractivity contribution in [2.24, 2.45) is 13.0 Å². The molecule has 2 rings (SSSR count). The van der Waals surface area contributed by atoms with Crippen molar-refractivity contribution in [1.82, 2.24) is 15.1 Å². The number of hydrogen-bond donors (Lipinski definition) is 2. The van der Waals surface area contributed by atoms with Crippen molar-refractivity contribution in [2.45, 2.75) is 39.7 Å². The van der Waals surface area contributed by atoms with Crippen LogP contribution in [0.1, 0.15) is 49.0 Å². The van der Waals surface area contributed by atoms with Gasteiger partial charge in [-0.2, -0.15) is 5.10 Å². The molecule has 0 aliphatic rings. The van der Waals surface area contributed by atoms with E-state index in [1.54, 1.807) is 24.6 Å². The predicted octanol–water partition coefficient (Wildman–Crippen LogP) is 2.60. The smallest absolute Gasteiger partial charge is 0.326 e. The summed E-state index contributed by atoms with van der Waals surface area (Å²) in [6.07, 6.45) is 0. The Kier molecular flexibility index (Phi) is 4.55. The van der Waals surface area contributed by atoms with E-state index in [0.717, 1.165) is 15.9 Å². The number of carboxylic acid groups (broad SMARTS) is 1. The Bertz CT molecular complexity index is 715. The molecule has 0 bridgehead atoms. The first-order chi connectivity index (χ1) is 10.2. The monoisotopic (exact) mass is 323 g/mol. The van der Waals surface area contributed by atoms with E-state index in [9.17, 15) is 14.7 Å². The number of aliphatic carboxylic acids is 1. The van der Waals surface area contributed by atoms with E-state index in [4.69, 9.17) is 0 Å². The van der Waals surface area contributed by atoms with E-state index >= 15 is 0 Å². The van der Waals surface area contributed by atoms with Crippen molar-refractivity contribution in [2.75, 3.05) is 0 Å². The number of carboxylic acids is 1. The molecule has 0 unspecified atom stereocenters. The van der Waals surface area contributed by atoms with Crippen molar-refractivity contribution in [3.05, 3.63) is 16.6 Å². The summed E-state index contributed by atoms with van der Waals surface area (Å²) in [7, 11) is 1.85. The molecule has 2 heterocycles. The van der Waals surface area contributed by atoms with E-state index in [0.29, 0.717) is 4.88 Å². The normalized spacial score (nSPS) is 13.0. The van der Waals surface area contributed by atoms with E-state index in [-0.39, 0.29) is 17.7 Å². The largest absolute Gasteiger partial charge is 0.480 e. The van der Waals surface area contributed by atoms with Crippen LogP contribution in [0.5, 0.6) is 0 Å². The number of rotatable bonds is 5. The Balaban J connectivity index is 2.33. The highest BCUT2D eigenvalue weighted by molar-refractivity contribution is 7.20. The molecule has 0 aliphatic heterocycles. The highest BCUT2D eigenvalue weighted by Gasteiger charge is 2.25. The molecule has 120 valence electrons. The topological polar surface area (TPSA) is 84.2 Å². The SMILES string of the molecule is CC(C)c1nn(C)c2sc(C(=O)N[C@H](C(=O)O)C(C)C)cc12. The van der Waals surface area contributed by atoms with Crippen LogP contribution in [0.4, 0.5) is 0 Å². The van der Waals surface area contributed by atoms with Gasteiger partial charge in [0.15, 0.2) is 0 Å². The molecule has 2 aromatic rings. The molecule has 6 nitrogen and oxygen atoms in total. The van der Waals surface area contributed by atoms with Gasteiger partial charge in [0, 0.05) is 12.4 Å². The zero-order chi connectivity index (χ0) is 16.6. The standard InChI is InChI=1S/C15H21N3O3S/c1-7(2)11-9-6-10(22-14(9)18(5)17-11)13(19)16-12(8(3)4)15(20)21/h6-8,12H,1-5H3,(H,16,19)(H,20,21)/t12-/m0/s1. The number of carbonyl (C=O) groups excluding carboxylic acids is 1. The Morgan fingerprint density at radius 1 is 1.32 bits per heavy atom. The molecule has 2 aromatic heterocycles. The summed E-state index contributed by atoms with van der Waals surface area (Å²) in [6, 6.07) is 0.914. The molecular weight excluding hydrogens is 302 g/mol. The second-order valence-corrected chi connectivity index (χ2v) is 7.06. The average molecular weight is 323 g/mol. The summed E-state index contributed by atoms with van der Waals surface area (Å²) in [4.78, 5) is 25.0. The maximum Gasteiger partial charge on any atom is 0.326 e. The summed E-state index contributed by atoms with van der Waals surface area (Å²) in [6.45, 7) is 7.65. The van der Waals surface area contributed by atoms with Crippen LogP contribution in [0.15, 0.2) is 6.07 Å². The van der Waals surface area contributed by atoms with Gasteiger partial charge in [-0.05, 0) is 17.9 Å². The van der Waals surface area contributed by atoms with Crippen LogP contribution < -0.4 is 5.32 Å². The minimum Gasteiger partial charge on any atom is -0.480 e. The van der Waals surface area contributed by atoms with Gasteiger partial charge >= 0.3 is 5.97 Å². The fraction of sp³-hybridized carbons (Fsp3) is 0.533. The first kappa shape index (κ1) is 16.5. The third kappa shape index (κ3) is 2.99. The molecule has 0 aromatic carbocycles. The molecule has 0 saturated carbocycles. The number of fused-ring (bicyclic) bond motifs is 1. The molecule has 0 radical (unpaired) electrons. The Labute approximate surface area is 133 Å². The summed E-state index contributed by atoms with van der Waals surface area (Å²) >= 11 is 1.33. The van der Waals surface area contributed by atoms with Crippen molar-refractivity contribution < 1.29 is 14.7 Å². The average Bonchev–Trinajstić information content (AvgIpc) is 2.96. The number of nitrogens with one attached hydrogen (secondary N) is 1. The van der Waals surface area contributed by atoms with Crippen molar-refractivity contribution in [3.63, 3.8) is 0 Å². The molecule has 0 spiro atoms. The Morgan fingerprint density at radius 3 is 2.45 bits per heavy atom. The highest BCUT2D eigenvalue weighted by Crippen LogP contribution is 2.31. The number of nitrogens with zero attached hydrogens (tertiary/aromatic N) is 2. The Morgan fingerprint density at radius 2 is 1.95 bits per heavy atom. The predicted molar refractivity (Wildman–Crippen MR) is 86.4 cm³/mol. The van der Waals surface area contributed by atoms with Crippen LogP contribution in [0.25, 0.3) is 10.2 Å². The summed E-state index contributed by atoms with van der Waals surface area (Å²) < 4.78 is 1.77. The highest BCUT2D eigenvalue weighted by atomic mass is 32.1. The lowest BCUT2D eigenvalue weighted by Crippen LogP contribution is -2.44. The van der Waals surface area contributed by atoms with Crippen LogP contribution in [0, 0.1) is 5.92 Å². The second-order valence-electron chi connectivity index (χ2n) is 6.03. The number of thiophene rings is 1. The third-order valence-corrected chi connectivity index (χ3v) is 4.73. The van der Waals surface area contributed by atoms with Gasteiger partial charge in [-0.3, -0.25) is 9.48 Å². The number of hydrogen-bond acceptors (Lipinski definition) is 4. The second kappa shape index (κ2) is 6.08. The zero-order valence-electron chi connectivity index (χ0n) is 13.4. The molecule has 22 heavy (non-hydrogen) atoms. The van der Waals surface area contributed by atoms with Gasteiger partial charge in [0.25, 0.3) is 5.91 Å². The lowest BCUT2D eigenvalue weighted by Gasteiger charge is -2.17. The van der Waals surface area contributed by atoms with Gasteiger partial charge in [0.1, 0.15) is 10.9 Å². The van der Waals surface area contributed by atoms with Crippen LogP contribution in [-0.2, 0) is 11.8 Å². The van der Waals surface area contributed by atoms with Gasteiger partial charge in [-0.25, -0.2) is 4.79 Å². The molecule has 0 fully saturated rings. The molecule has 1 atom stereocenters. The maximum absolute atomic E-state index is 12.3. The first-order valence-corrected chi connectivity index (χ1v) is 8.04. The summed E-state index contributed by atoms with van der Waals surface area (Å²) in [5.41, 5.74) is 0.950. The lowest BCUT2D eigenvalue weighted by atomic mass is 10.0. The number of aromatic nitrogens is 2. The van der Waals surface area contributed by atoms with Crippen LogP contribution >= 0.6 is 11.3 Å².